The van der Waals surface area contributed by atoms with Crippen LogP contribution in [-0.4, -0.2) is 13.5 Å². The van der Waals surface area contributed by atoms with Crippen molar-refractivity contribution in [1.29, 1.82) is 0 Å². The molecule has 0 atom stereocenters. The third-order valence-electron chi connectivity index (χ3n) is 1.14. The monoisotopic (exact) mass is 194 g/mol. The second kappa shape index (κ2) is 3.02. The Hall–Kier alpha value is -0.565. The molecule has 0 aliphatic rings. The quantitative estimate of drug-likeness (QED) is 0.623. The van der Waals surface area contributed by atoms with Crippen LogP contribution in [0.3, 0.4) is 0 Å². The largest absolute Gasteiger partial charge is 0.307 e. The van der Waals surface area contributed by atoms with Crippen molar-refractivity contribution in [3.8, 4) is 0 Å². The molecule has 1 aromatic carbocycles. The van der Waals surface area contributed by atoms with Crippen molar-refractivity contribution in [2.75, 3.05) is 0 Å². The van der Waals surface area contributed by atoms with Gasteiger partial charge in [0.1, 0.15) is 5.68 Å². The van der Waals surface area contributed by atoms with Crippen LogP contribution < -0.4 is 0 Å². The van der Waals surface area contributed by atoms with E-state index in [1.165, 1.54) is 0 Å². The van der Waals surface area contributed by atoms with Crippen LogP contribution in [0.5, 0.6) is 0 Å². The van der Waals surface area contributed by atoms with E-state index in [-0.39, 0.29) is 0 Å². The van der Waals surface area contributed by atoms with Crippen LogP contribution >= 0.6 is 15.9 Å². The van der Waals surface area contributed by atoms with Gasteiger partial charge in [-0.3, -0.25) is 0 Å². The maximum Gasteiger partial charge on any atom is 0.175 e. The molecule has 0 amide bonds. The molecule has 0 aliphatic carbocycles. The molecule has 3 heteroatoms. The molecule has 0 aliphatic heterocycles. The summed E-state index contributed by atoms with van der Waals surface area (Å²) < 4.78 is 0.738. The smallest absolute Gasteiger partial charge is 0.175 e. The minimum atomic E-state index is -0.410. The van der Waals surface area contributed by atoms with Gasteiger partial charge in [0.25, 0.3) is 0 Å². The molecule has 0 saturated carbocycles. The van der Waals surface area contributed by atoms with Crippen molar-refractivity contribution in [3.63, 3.8) is 0 Å². The Labute approximate surface area is 69.0 Å². The molecule has 0 aromatic heterocycles. The van der Waals surface area contributed by atoms with Crippen molar-refractivity contribution in [3.05, 3.63) is 34.3 Å². The average Bonchev–Trinajstić information content (AvgIpc) is 1.88. The summed E-state index contributed by atoms with van der Waals surface area (Å²) in [5.41, 5.74) is 0.106. The summed E-state index contributed by atoms with van der Waals surface area (Å²) in [7, 11) is 5.05. The van der Waals surface area contributed by atoms with Crippen molar-refractivity contribution in [2.24, 2.45) is 0 Å². The zero-order valence-corrected chi connectivity index (χ0v) is 6.76. The molecule has 48 valence electrons. The first-order chi connectivity index (χ1) is 4.72. The Morgan fingerprint density at radius 1 is 1.40 bits per heavy atom. The van der Waals surface area contributed by atoms with Crippen LogP contribution in [-0.2, 0) is 0 Å². The summed E-state index contributed by atoms with van der Waals surface area (Å²) in [6.45, 7) is 0. The number of benzene rings is 1. The number of carbonyl (C=O) groups excluding carboxylic acids is 1. The van der Waals surface area contributed by atoms with Crippen molar-refractivity contribution >= 4 is 29.5 Å². The van der Waals surface area contributed by atoms with Crippen LogP contribution in [0.4, 0.5) is 0 Å². The Bertz CT molecular complexity index is 260. The lowest BCUT2D eigenvalue weighted by Gasteiger charge is -1.96. The topological polar surface area (TPSA) is 17.1 Å². The molecule has 0 bridgehead atoms. The molecule has 0 spiro atoms. The van der Waals surface area contributed by atoms with Gasteiger partial charge in [-0.05, 0) is 6.07 Å². The maximum atomic E-state index is 10.6. The summed E-state index contributed by atoms with van der Waals surface area (Å²) in [5.74, 6) is 0. The molecule has 1 nitrogen and oxygen atoms in total. The second-order valence-electron chi connectivity index (χ2n) is 1.84. The van der Waals surface area contributed by atoms with Gasteiger partial charge in [0.05, 0.1) is 0 Å². The molecule has 0 unspecified atom stereocenters. The molecule has 0 saturated heterocycles. The van der Waals surface area contributed by atoms with E-state index in [0.29, 0.717) is 5.56 Å². The first-order valence-corrected chi connectivity index (χ1v) is 3.55. The Morgan fingerprint density at radius 2 is 2.00 bits per heavy atom. The van der Waals surface area contributed by atoms with Crippen LogP contribution in [0.1, 0.15) is 10.4 Å². The summed E-state index contributed by atoms with van der Waals surface area (Å²) in [6, 6.07) is 7.05. The molecule has 1 aromatic rings. The highest BCUT2D eigenvalue weighted by atomic mass is 79.9. The van der Waals surface area contributed by atoms with Gasteiger partial charge in [-0.25, -0.2) is 0 Å². The Balaban J connectivity index is 3.15. The van der Waals surface area contributed by atoms with Gasteiger partial charge in [-0.15, -0.1) is 0 Å². The van der Waals surface area contributed by atoms with E-state index in [9.17, 15) is 4.79 Å². The van der Waals surface area contributed by atoms with Gasteiger partial charge in [0.2, 0.25) is 0 Å². The van der Waals surface area contributed by atoms with Gasteiger partial charge in [-0.1, -0.05) is 34.1 Å². The van der Waals surface area contributed by atoms with Gasteiger partial charge in [-0.2, -0.15) is 0 Å². The molecular formula is C7H4BBrO. The van der Waals surface area contributed by atoms with Crippen LogP contribution in [0.2, 0.25) is 0 Å². The van der Waals surface area contributed by atoms with E-state index in [4.69, 9.17) is 7.85 Å². The maximum absolute atomic E-state index is 10.6. The van der Waals surface area contributed by atoms with E-state index >= 15 is 0 Å². The molecule has 0 N–H and O–H groups in total. The molecule has 10 heavy (non-hydrogen) atoms. The predicted octanol–water partition coefficient (Wildman–Crippen LogP) is 1.76. The van der Waals surface area contributed by atoms with Crippen LogP contribution in [0.15, 0.2) is 28.7 Å². The number of hydrogen-bond acceptors (Lipinski definition) is 1. The lowest BCUT2D eigenvalue weighted by molar-refractivity contribution is 0.108. The lowest BCUT2D eigenvalue weighted by Crippen LogP contribution is -1.97. The summed E-state index contributed by atoms with van der Waals surface area (Å²) in [6.07, 6.45) is 0. The Morgan fingerprint density at radius 3 is 2.40 bits per heavy atom. The second-order valence-corrected chi connectivity index (χ2v) is 2.70. The number of hydrogen-bond donors (Lipinski definition) is 0. The first-order valence-electron chi connectivity index (χ1n) is 2.76. The fraction of sp³-hybridized carbons (Fsp3) is 0. The van der Waals surface area contributed by atoms with Gasteiger partial charge in [0.15, 0.2) is 7.85 Å². The number of carbonyl (C=O) groups is 1. The van der Waals surface area contributed by atoms with E-state index < -0.39 is 5.68 Å². The minimum absolute atomic E-state index is 0.410. The first kappa shape index (κ1) is 7.54. The normalized spacial score (nSPS) is 9.30. The average molecular weight is 195 g/mol. The number of rotatable bonds is 1. The molecule has 0 heterocycles. The Kier molecular flexibility index (Phi) is 2.27. The highest BCUT2D eigenvalue weighted by Gasteiger charge is 2.00. The minimum Gasteiger partial charge on any atom is -0.307 e. The SMILES string of the molecule is [B]C(=O)c1ccccc1Br. The zero-order valence-electron chi connectivity index (χ0n) is 5.17. The standard InChI is InChI=1S/C7H4BBrO/c8-7(10)5-3-1-2-4-6(5)9/h1-4H. The van der Waals surface area contributed by atoms with Crippen molar-refractivity contribution in [1.82, 2.24) is 0 Å². The van der Waals surface area contributed by atoms with Crippen molar-refractivity contribution < 1.29 is 4.79 Å². The summed E-state index contributed by atoms with van der Waals surface area (Å²) in [5, 5.41) is 0. The highest BCUT2D eigenvalue weighted by molar-refractivity contribution is 9.10. The van der Waals surface area contributed by atoms with Crippen LogP contribution in [0, 0.1) is 0 Å². The van der Waals surface area contributed by atoms with E-state index in [2.05, 4.69) is 15.9 Å². The van der Waals surface area contributed by atoms with Crippen LogP contribution in [0.25, 0.3) is 0 Å². The predicted molar refractivity (Wildman–Crippen MR) is 44.2 cm³/mol. The van der Waals surface area contributed by atoms with E-state index in [1.807, 2.05) is 6.07 Å². The van der Waals surface area contributed by atoms with Gasteiger partial charge in [0, 0.05) is 10.0 Å². The lowest BCUT2D eigenvalue weighted by atomic mass is 9.95. The zero-order chi connectivity index (χ0) is 7.56. The van der Waals surface area contributed by atoms with Crippen molar-refractivity contribution in [2.45, 2.75) is 0 Å². The fourth-order valence-electron chi connectivity index (χ4n) is 0.661. The molecule has 2 radical (unpaired) electrons. The molecule has 1 rings (SSSR count). The van der Waals surface area contributed by atoms with Gasteiger partial charge < -0.3 is 4.79 Å². The molecular weight excluding hydrogens is 191 g/mol. The highest BCUT2D eigenvalue weighted by Crippen LogP contribution is 2.14. The summed E-state index contributed by atoms with van der Waals surface area (Å²) >= 11 is 3.20. The summed E-state index contributed by atoms with van der Waals surface area (Å²) in [4.78, 5) is 10.6. The van der Waals surface area contributed by atoms with Gasteiger partial charge >= 0.3 is 0 Å². The third kappa shape index (κ3) is 1.48. The van der Waals surface area contributed by atoms with E-state index in [1.54, 1.807) is 18.2 Å². The number of halogens is 1. The molecule has 0 fully saturated rings. The van der Waals surface area contributed by atoms with E-state index in [0.717, 1.165) is 4.47 Å². The third-order valence-corrected chi connectivity index (χ3v) is 1.83. The fourth-order valence-corrected chi connectivity index (χ4v) is 1.14.